The number of methoxy groups -OCH3 is 1. The Morgan fingerprint density at radius 3 is 2.74 bits per heavy atom. The highest BCUT2D eigenvalue weighted by Crippen LogP contribution is 2.29. The predicted octanol–water partition coefficient (Wildman–Crippen LogP) is 4.03. The number of benzene rings is 1. The standard InChI is InChI=1S/C14H16BrN3O/c1-3-16-13-5-4-6-14(18-13)17-10-7-8-11(15)12(9-10)19-2/h4-9H,3H2,1-2H3,(H2,16,17,18). The lowest BCUT2D eigenvalue weighted by molar-refractivity contribution is 0.412. The van der Waals surface area contributed by atoms with Gasteiger partial charge in [0.2, 0.25) is 0 Å². The Hall–Kier alpha value is -1.75. The van der Waals surface area contributed by atoms with Gasteiger partial charge < -0.3 is 15.4 Å². The Balaban J connectivity index is 2.18. The molecule has 0 aliphatic rings. The van der Waals surface area contributed by atoms with Crippen LogP contribution in [0.25, 0.3) is 0 Å². The van der Waals surface area contributed by atoms with E-state index in [-0.39, 0.29) is 0 Å². The van der Waals surface area contributed by atoms with Crippen LogP contribution in [0.3, 0.4) is 0 Å². The Kier molecular flexibility index (Phi) is 4.63. The maximum absolute atomic E-state index is 5.27. The largest absolute Gasteiger partial charge is 0.495 e. The first-order valence-electron chi connectivity index (χ1n) is 6.04. The molecule has 2 rings (SSSR count). The fourth-order valence-corrected chi connectivity index (χ4v) is 2.08. The highest BCUT2D eigenvalue weighted by molar-refractivity contribution is 9.10. The molecule has 0 amide bonds. The van der Waals surface area contributed by atoms with E-state index < -0.39 is 0 Å². The van der Waals surface area contributed by atoms with E-state index >= 15 is 0 Å². The van der Waals surface area contributed by atoms with Gasteiger partial charge >= 0.3 is 0 Å². The highest BCUT2D eigenvalue weighted by Gasteiger charge is 2.03. The fourth-order valence-electron chi connectivity index (χ4n) is 1.67. The summed E-state index contributed by atoms with van der Waals surface area (Å²) in [5.41, 5.74) is 0.932. The molecule has 0 atom stereocenters. The molecule has 1 heterocycles. The van der Waals surface area contributed by atoms with Crippen LogP contribution < -0.4 is 15.4 Å². The van der Waals surface area contributed by atoms with Gasteiger partial charge in [-0.3, -0.25) is 0 Å². The van der Waals surface area contributed by atoms with E-state index in [9.17, 15) is 0 Å². The molecule has 100 valence electrons. The van der Waals surface area contributed by atoms with E-state index in [2.05, 4.69) is 31.5 Å². The maximum atomic E-state index is 5.27. The molecule has 0 fully saturated rings. The number of hydrogen-bond donors (Lipinski definition) is 2. The third kappa shape index (κ3) is 3.61. The molecule has 2 aromatic rings. The van der Waals surface area contributed by atoms with Gasteiger partial charge in [0.05, 0.1) is 11.6 Å². The second-order valence-electron chi connectivity index (χ2n) is 3.91. The van der Waals surface area contributed by atoms with Crippen molar-refractivity contribution in [2.75, 3.05) is 24.3 Å². The highest BCUT2D eigenvalue weighted by atomic mass is 79.9. The van der Waals surface area contributed by atoms with Crippen molar-refractivity contribution in [3.8, 4) is 5.75 Å². The van der Waals surface area contributed by atoms with Gasteiger partial charge in [-0.15, -0.1) is 0 Å². The molecule has 0 saturated heterocycles. The van der Waals surface area contributed by atoms with E-state index in [1.54, 1.807) is 7.11 Å². The van der Waals surface area contributed by atoms with Crippen LogP contribution >= 0.6 is 15.9 Å². The van der Waals surface area contributed by atoms with Crippen LogP contribution in [-0.2, 0) is 0 Å². The Bertz CT molecular complexity index is 560. The monoisotopic (exact) mass is 321 g/mol. The van der Waals surface area contributed by atoms with Crippen molar-refractivity contribution in [3.05, 3.63) is 40.9 Å². The summed E-state index contributed by atoms with van der Waals surface area (Å²) in [5.74, 6) is 2.44. The number of rotatable bonds is 5. The maximum Gasteiger partial charge on any atom is 0.135 e. The molecule has 0 aliphatic carbocycles. The fraction of sp³-hybridized carbons (Fsp3) is 0.214. The molecule has 4 nitrogen and oxygen atoms in total. The van der Waals surface area contributed by atoms with E-state index in [0.29, 0.717) is 0 Å². The molecule has 0 radical (unpaired) electrons. The van der Waals surface area contributed by atoms with Crippen LogP contribution in [-0.4, -0.2) is 18.6 Å². The van der Waals surface area contributed by atoms with Gasteiger partial charge in [0, 0.05) is 18.3 Å². The van der Waals surface area contributed by atoms with Crippen molar-refractivity contribution in [3.63, 3.8) is 0 Å². The van der Waals surface area contributed by atoms with E-state index in [1.165, 1.54) is 0 Å². The Labute approximate surface area is 121 Å². The van der Waals surface area contributed by atoms with Gasteiger partial charge in [0.1, 0.15) is 17.4 Å². The first-order chi connectivity index (χ1) is 9.22. The lowest BCUT2D eigenvalue weighted by Gasteiger charge is -2.10. The summed E-state index contributed by atoms with van der Waals surface area (Å²) in [6.07, 6.45) is 0. The average Bonchev–Trinajstić information content (AvgIpc) is 2.42. The van der Waals surface area contributed by atoms with E-state index in [1.807, 2.05) is 43.3 Å². The Morgan fingerprint density at radius 2 is 2.00 bits per heavy atom. The molecule has 0 unspecified atom stereocenters. The molecule has 0 spiro atoms. The third-order valence-electron chi connectivity index (χ3n) is 2.53. The molecule has 1 aromatic heterocycles. The topological polar surface area (TPSA) is 46.2 Å². The zero-order valence-electron chi connectivity index (χ0n) is 10.9. The van der Waals surface area contributed by atoms with Gasteiger partial charge in [-0.05, 0) is 47.1 Å². The second-order valence-corrected chi connectivity index (χ2v) is 4.77. The van der Waals surface area contributed by atoms with Crippen LogP contribution in [0, 0.1) is 0 Å². The first-order valence-corrected chi connectivity index (χ1v) is 6.83. The molecule has 0 aliphatic heterocycles. The van der Waals surface area contributed by atoms with E-state index in [0.717, 1.165) is 34.1 Å². The van der Waals surface area contributed by atoms with Crippen LogP contribution in [0.15, 0.2) is 40.9 Å². The molecule has 0 bridgehead atoms. The average molecular weight is 322 g/mol. The summed E-state index contributed by atoms with van der Waals surface area (Å²) in [5, 5.41) is 6.43. The minimum absolute atomic E-state index is 0.785. The Morgan fingerprint density at radius 1 is 1.21 bits per heavy atom. The number of halogens is 1. The quantitative estimate of drug-likeness (QED) is 0.872. The van der Waals surface area contributed by atoms with Crippen LogP contribution in [0.4, 0.5) is 17.3 Å². The number of ether oxygens (including phenoxy) is 1. The van der Waals surface area contributed by atoms with Crippen LogP contribution in [0.1, 0.15) is 6.92 Å². The first kappa shape index (κ1) is 13.7. The van der Waals surface area contributed by atoms with Crippen molar-refractivity contribution in [1.82, 2.24) is 4.98 Å². The number of pyridine rings is 1. The molecule has 19 heavy (non-hydrogen) atoms. The van der Waals surface area contributed by atoms with Crippen molar-refractivity contribution in [2.24, 2.45) is 0 Å². The SMILES string of the molecule is CCNc1cccc(Nc2ccc(Br)c(OC)c2)n1. The normalized spacial score (nSPS) is 10.1. The van der Waals surface area contributed by atoms with E-state index in [4.69, 9.17) is 4.74 Å². The lowest BCUT2D eigenvalue weighted by Crippen LogP contribution is -2.01. The number of nitrogens with zero attached hydrogens (tertiary/aromatic N) is 1. The summed E-state index contributed by atoms with van der Waals surface area (Å²) in [6.45, 7) is 2.89. The third-order valence-corrected chi connectivity index (χ3v) is 3.19. The molecular formula is C14H16BrN3O. The number of anilines is 3. The van der Waals surface area contributed by atoms with Gasteiger partial charge in [-0.25, -0.2) is 4.98 Å². The number of aromatic nitrogens is 1. The predicted molar refractivity (Wildman–Crippen MR) is 82.4 cm³/mol. The van der Waals surface area contributed by atoms with Gasteiger partial charge in [0.15, 0.2) is 0 Å². The smallest absolute Gasteiger partial charge is 0.135 e. The summed E-state index contributed by atoms with van der Waals surface area (Å²) < 4.78 is 6.19. The summed E-state index contributed by atoms with van der Waals surface area (Å²) in [7, 11) is 1.65. The van der Waals surface area contributed by atoms with Crippen molar-refractivity contribution in [1.29, 1.82) is 0 Å². The zero-order chi connectivity index (χ0) is 13.7. The van der Waals surface area contributed by atoms with Crippen LogP contribution in [0.5, 0.6) is 5.75 Å². The van der Waals surface area contributed by atoms with Crippen LogP contribution in [0.2, 0.25) is 0 Å². The molecule has 2 N–H and O–H groups in total. The van der Waals surface area contributed by atoms with Crippen molar-refractivity contribution >= 4 is 33.3 Å². The molecule has 0 saturated carbocycles. The van der Waals surface area contributed by atoms with Gasteiger partial charge in [-0.2, -0.15) is 0 Å². The minimum Gasteiger partial charge on any atom is -0.495 e. The number of hydrogen-bond acceptors (Lipinski definition) is 4. The summed E-state index contributed by atoms with van der Waals surface area (Å²) in [4.78, 5) is 4.46. The molecule has 1 aromatic carbocycles. The van der Waals surface area contributed by atoms with Crippen molar-refractivity contribution < 1.29 is 4.74 Å². The molecular weight excluding hydrogens is 306 g/mol. The minimum atomic E-state index is 0.785. The second kappa shape index (κ2) is 6.43. The lowest BCUT2D eigenvalue weighted by atomic mass is 10.3. The molecule has 5 heteroatoms. The number of nitrogens with one attached hydrogen (secondary N) is 2. The summed E-state index contributed by atoms with van der Waals surface area (Å²) in [6, 6.07) is 11.7. The van der Waals surface area contributed by atoms with Gasteiger partial charge in [-0.1, -0.05) is 6.07 Å². The van der Waals surface area contributed by atoms with Crippen molar-refractivity contribution in [2.45, 2.75) is 6.92 Å². The van der Waals surface area contributed by atoms with Gasteiger partial charge in [0.25, 0.3) is 0 Å². The summed E-state index contributed by atoms with van der Waals surface area (Å²) >= 11 is 3.43. The zero-order valence-corrected chi connectivity index (χ0v) is 12.5.